The molecule has 0 spiro atoms. The van der Waals surface area contributed by atoms with Gasteiger partial charge in [0.05, 0.1) is 0 Å². The Balaban J connectivity index is 2.09. The zero-order chi connectivity index (χ0) is 15.1. The minimum atomic E-state index is -0.961. The van der Waals surface area contributed by atoms with Gasteiger partial charge < -0.3 is 10.4 Å². The van der Waals surface area contributed by atoms with Crippen molar-refractivity contribution in [3.63, 3.8) is 0 Å². The van der Waals surface area contributed by atoms with E-state index in [4.69, 9.17) is 0 Å². The summed E-state index contributed by atoms with van der Waals surface area (Å²) in [7, 11) is 0. The van der Waals surface area contributed by atoms with Gasteiger partial charge in [0, 0.05) is 12.5 Å². The van der Waals surface area contributed by atoms with Gasteiger partial charge in [0.25, 0.3) is 0 Å². The van der Waals surface area contributed by atoms with Crippen LogP contribution in [0.5, 0.6) is 0 Å². The third-order valence-corrected chi connectivity index (χ3v) is 3.52. The number of aliphatic hydroxyl groups excluding tert-OH is 1. The summed E-state index contributed by atoms with van der Waals surface area (Å²) < 4.78 is 0. The van der Waals surface area contributed by atoms with Crippen molar-refractivity contribution in [2.24, 2.45) is 0 Å². The molecule has 0 saturated carbocycles. The Bertz CT molecular complexity index is 512. The summed E-state index contributed by atoms with van der Waals surface area (Å²) in [6, 6.07) is 20.5. The van der Waals surface area contributed by atoms with Crippen LogP contribution in [0.2, 0.25) is 0 Å². The van der Waals surface area contributed by atoms with Crippen molar-refractivity contribution in [3.8, 4) is 0 Å². The monoisotopic (exact) mass is 283 g/mol. The van der Waals surface area contributed by atoms with Gasteiger partial charge in [-0.1, -0.05) is 60.7 Å². The molecule has 3 nitrogen and oxygen atoms in total. The Hall–Kier alpha value is -2.13. The largest absolute Gasteiger partial charge is 0.384 e. The quantitative estimate of drug-likeness (QED) is 0.856. The molecule has 0 bridgehead atoms. The number of rotatable bonds is 6. The second-order valence-electron chi connectivity index (χ2n) is 5.13. The van der Waals surface area contributed by atoms with Gasteiger partial charge in [-0.05, 0) is 24.5 Å². The number of benzene rings is 2. The van der Waals surface area contributed by atoms with Gasteiger partial charge in [0.2, 0.25) is 5.91 Å². The number of nitrogens with one attached hydrogen (secondary N) is 1. The molecule has 0 aliphatic heterocycles. The molecular formula is C18H21NO2. The number of hydrogen-bond acceptors (Lipinski definition) is 2. The Morgan fingerprint density at radius 3 is 1.90 bits per heavy atom. The minimum absolute atomic E-state index is 0.238. The molecule has 21 heavy (non-hydrogen) atoms. The fraction of sp³-hybridized carbons (Fsp3) is 0.278. The molecule has 1 atom stereocenters. The molecule has 2 aromatic carbocycles. The molecule has 1 amide bonds. The lowest BCUT2D eigenvalue weighted by atomic mass is 9.88. The molecular weight excluding hydrogens is 262 g/mol. The Kier molecular flexibility index (Phi) is 5.52. The van der Waals surface area contributed by atoms with Crippen molar-refractivity contribution >= 4 is 5.91 Å². The highest BCUT2D eigenvalue weighted by atomic mass is 16.3. The van der Waals surface area contributed by atoms with Crippen molar-refractivity contribution < 1.29 is 9.90 Å². The van der Waals surface area contributed by atoms with Crippen LogP contribution >= 0.6 is 0 Å². The molecule has 0 radical (unpaired) electrons. The topological polar surface area (TPSA) is 49.3 Å². The summed E-state index contributed by atoms with van der Waals surface area (Å²) in [5.41, 5.74) is 2.46. The summed E-state index contributed by atoms with van der Waals surface area (Å²) >= 11 is 0. The molecule has 110 valence electrons. The van der Waals surface area contributed by atoms with E-state index in [1.54, 1.807) is 0 Å². The van der Waals surface area contributed by atoms with E-state index in [1.165, 1.54) is 18.1 Å². The summed E-state index contributed by atoms with van der Waals surface area (Å²) in [5, 5.41) is 12.0. The summed E-state index contributed by atoms with van der Waals surface area (Å²) in [5.74, 6) is -0.0865. The van der Waals surface area contributed by atoms with Gasteiger partial charge >= 0.3 is 0 Å². The van der Waals surface area contributed by atoms with Gasteiger partial charge in [-0.15, -0.1) is 0 Å². The lowest BCUT2D eigenvalue weighted by Crippen LogP contribution is -2.33. The molecule has 0 aromatic heterocycles. The third-order valence-electron chi connectivity index (χ3n) is 3.52. The molecule has 1 unspecified atom stereocenters. The Morgan fingerprint density at radius 2 is 1.48 bits per heavy atom. The van der Waals surface area contributed by atoms with E-state index in [1.807, 2.05) is 36.4 Å². The van der Waals surface area contributed by atoms with Gasteiger partial charge in [-0.3, -0.25) is 4.79 Å². The van der Waals surface area contributed by atoms with Crippen LogP contribution in [0.3, 0.4) is 0 Å². The van der Waals surface area contributed by atoms with E-state index in [2.05, 4.69) is 29.6 Å². The van der Waals surface area contributed by atoms with E-state index in [0.717, 1.165) is 6.42 Å². The Morgan fingerprint density at radius 1 is 1.00 bits per heavy atom. The zero-order valence-corrected chi connectivity index (χ0v) is 12.2. The van der Waals surface area contributed by atoms with Crippen LogP contribution in [-0.2, 0) is 4.79 Å². The highest BCUT2D eigenvalue weighted by Gasteiger charge is 2.15. The van der Waals surface area contributed by atoms with E-state index < -0.39 is 6.10 Å². The second kappa shape index (κ2) is 7.60. The standard InChI is InChI=1S/C18H21NO2/c1-14(20)18(21)19-13-12-17(15-8-4-2-5-9-15)16-10-6-3-7-11-16/h2-11,14,17,20H,12-13H2,1H3,(H,19,21). The van der Waals surface area contributed by atoms with Gasteiger partial charge in [0.15, 0.2) is 0 Å². The van der Waals surface area contributed by atoms with Crippen molar-refractivity contribution in [3.05, 3.63) is 71.8 Å². The van der Waals surface area contributed by atoms with Crippen LogP contribution in [0.15, 0.2) is 60.7 Å². The first-order chi connectivity index (χ1) is 10.2. The fourth-order valence-electron chi connectivity index (χ4n) is 2.38. The molecule has 2 N–H and O–H groups in total. The average molecular weight is 283 g/mol. The molecule has 0 heterocycles. The van der Waals surface area contributed by atoms with Crippen LogP contribution in [0.4, 0.5) is 0 Å². The highest BCUT2D eigenvalue weighted by molar-refractivity contribution is 5.79. The van der Waals surface area contributed by atoms with Crippen molar-refractivity contribution in [1.29, 1.82) is 0 Å². The average Bonchev–Trinajstić information content (AvgIpc) is 2.53. The smallest absolute Gasteiger partial charge is 0.248 e. The molecule has 2 rings (SSSR count). The van der Waals surface area contributed by atoms with E-state index in [0.29, 0.717) is 6.54 Å². The van der Waals surface area contributed by atoms with Crippen molar-refractivity contribution in [2.45, 2.75) is 25.4 Å². The van der Waals surface area contributed by atoms with Gasteiger partial charge in [-0.25, -0.2) is 0 Å². The van der Waals surface area contributed by atoms with E-state index in [9.17, 15) is 9.90 Å². The predicted molar refractivity (Wildman–Crippen MR) is 84.0 cm³/mol. The lowest BCUT2D eigenvalue weighted by molar-refractivity contribution is -0.128. The lowest BCUT2D eigenvalue weighted by Gasteiger charge is -2.18. The minimum Gasteiger partial charge on any atom is -0.384 e. The first kappa shape index (κ1) is 15.3. The fourth-order valence-corrected chi connectivity index (χ4v) is 2.38. The SMILES string of the molecule is CC(O)C(=O)NCCC(c1ccccc1)c1ccccc1. The number of carbonyl (C=O) groups is 1. The van der Waals surface area contributed by atoms with Crippen LogP contribution < -0.4 is 5.32 Å². The van der Waals surface area contributed by atoms with Crippen molar-refractivity contribution in [2.75, 3.05) is 6.54 Å². The number of carbonyl (C=O) groups excluding carboxylic acids is 1. The van der Waals surface area contributed by atoms with Crippen molar-refractivity contribution in [1.82, 2.24) is 5.32 Å². The van der Waals surface area contributed by atoms with E-state index >= 15 is 0 Å². The number of hydrogen-bond donors (Lipinski definition) is 2. The molecule has 0 saturated heterocycles. The summed E-state index contributed by atoms with van der Waals surface area (Å²) in [4.78, 5) is 11.4. The Labute approximate surface area is 125 Å². The maximum absolute atomic E-state index is 11.4. The number of amides is 1. The number of aliphatic hydroxyl groups is 1. The highest BCUT2D eigenvalue weighted by Crippen LogP contribution is 2.27. The molecule has 0 fully saturated rings. The maximum Gasteiger partial charge on any atom is 0.248 e. The van der Waals surface area contributed by atoms with Crippen LogP contribution in [0.1, 0.15) is 30.4 Å². The third kappa shape index (κ3) is 4.43. The van der Waals surface area contributed by atoms with E-state index in [-0.39, 0.29) is 11.8 Å². The second-order valence-corrected chi connectivity index (χ2v) is 5.13. The summed E-state index contributed by atoms with van der Waals surface area (Å²) in [6.07, 6.45) is -0.163. The summed E-state index contributed by atoms with van der Waals surface area (Å²) in [6.45, 7) is 2.01. The molecule has 0 aliphatic rings. The van der Waals surface area contributed by atoms with Gasteiger partial charge in [-0.2, -0.15) is 0 Å². The first-order valence-electron chi connectivity index (χ1n) is 7.24. The predicted octanol–water partition coefficient (Wildman–Crippen LogP) is 2.71. The molecule has 3 heteroatoms. The first-order valence-corrected chi connectivity index (χ1v) is 7.24. The van der Waals surface area contributed by atoms with Gasteiger partial charge in [0.1, 0.15) is 6.10 Å². The molecule has 2 aromatic rings. The molecule has 0 aliphatic carbocycles. The van der Waals surface area contributed by atoms with Crippen LogP contribution in [0, 0.1) is 0 Å². The van der Waals surface area contributed by atoms with Crippen LogP contribution in [0.25, 0.3) is 0 Å². The zero-order valence-electron chi connectivity index (χ0n) is 12.2. The normalized spacial score (nSPS) is 12.1. The maximum atomic E-state index is 11.4. The van der Waals surface area contributed by atoms with Crippen LogP contribution in [-0.4, -0.2) is 23.7 Å².